The summed E-state index contributed by atoms with van der Waals surface area (Å²) in [4.78, 5) is 12.8. The van der Waals surface area contributed by atoms with Gasteiger partial charge in [0, 0.05) is 0 Å². The quantitative estimate of drug-likeness (QED) is 0.517. The molecule has 22 heavy (non-hydrogen) atoms. The Labute approximate surface area is 134 Å². The lowest BCUT2D eigenvalue weighted by Gasteiger charge is -2.34. The van der Waals surface area contributed by atoms with Gasteiger partial charge >= 0.3 is 5.97 Å². The second kappa shape index (κ2) is 8.21. The number of hydrogen-bond acceptors (Lipinski definition) is 3. The number of ether oxygens (including phenoxy) is 2. The van der Waals surface area contributed by atoms with Crippen LogP contribution >= 0.6 is 0 Å². The molecule has 0 aromatic heterocycles. The smallest absolute Gasteiger partial charge is 0.317 e. The molecular formula is C19H28O3. The number of rotatable bonds is 7. The minimum Gasteiger partial charge on any atom is -0.494 e. The zero-order chi connectivity index (χ0) is 15.8. The maximum atomic E-state index is 12.8. The van der Waals surface area contributed by atoms with E-state index in [-0.39, 0.29) is 11.4 Å². The first-order valence-corrected chi connectivity index (χ1v) is 8.65. The van der Waals surface area contributed by atoms with Crippen molar-refractivity contribution in [1.82, 2.24) is 0 Å². The van der Waals surface area contributed by atoms with Gasteiger partial charge in [0.05, 0.1) is 12.0 Å². The van der Waals surface area contributed by atoms with E-state index in [1.807, 2.05) is 31.2 Å². The molecule has 0 bridgehead atoms. The van der Waals surface area contributed by atoms with Crippen molar-refractivity contribution in [3.05, 3.63) is 24.3 Å². The summed E-state index contributed by atoms with van der Waals surface area (Å²) in [5.74, 6) is 1.39. The molecule has 0 unspecified atom stereocenters. The number of benzene rings is 1. The third kappa shape index (κ3) is 4.25. The maximum Gasteiger partial charge on any atom is 0.317 e. The zero-order valence-electron chi connectivity index (χ0n) is 13.9. The van der Waals surface area contributed by atoms with Crippen LogP contribution in [0.25, 0.3) is 0 Å². The molecule has 0 atom stereocenters. The molecule has 0 saturated heterocycles. The predicted molar refractivity (Wildman–Crippen MR) is 88.3 cm³/mol. The molecule has 0 spiro atoms. The Kier molecular flexibility index (Phi) is 6.29. The minimum atomic E-state index is -0.257. The highest BCUT2D eigenvalue weighted by Crippen LogP contribution is 2.42. The van der Waals surface area contributed by atoms with Crippen molar-refractivity contribution in [2.45, 2.75) is 65.2 Å². The molecular weight excluding hydrogens is 276 g/mol. The standard InChI is InChI=1S/C19H28O3/c1-3-5-13-19(14-7-6-8-15-19)18(20)22-17-11-9-16(10-12-17)21-4-2/h9-12H,3-8,13-15H2,1-2H3. The molecule has 122 valence electrons. The van der Waals surface area contributed by atoms with Gasteiger partial charge in [-0.15, -0.1) is 0 Å². The third-order valence-corrected chi connectivity index (χ3v) is 4.60. The van der Waals surface area contributed by atoms with Gasteiger partial charge in [0.1, 0.15) is 11.5 Å². The van der Waals surface area contributed by atoms with Gasteiger partial charge in [-0.25, -0.2) is 0 Å². The van der Waals surface area contributed by atoms with E-state index in [9.17, 15) is 4.79 Å². The molecule has 1 saturated carbocycles. The Balaban J connectivity index is 2.03. The predicted octanol–water partition coefficient (Wildman–Crippen LogP) is 5.13. The summed E-state index contributed by atoms with van der Waals surface area (Å²) in [6.07, 6.45) is 8.65. The van der Waals surface area contributed by atoms with E-state index in [0.717, 1.165) is 50.7 Å². The number of unbranched alkanes of at least 4 members (excludes halogenated alkanes) is 1. The molecule has 1 aromatic rings. The van der Waals surface area contributed by atoms with E-state index in [1.54, 1.807) is 0 Å². The highest BCUT2D eigenvalue weighted by Gasteiger charge is 2.40. The van der Waals surface area contributed by atoms with Crippen LogP contribution in [0, 0.1) is 5.41 Å². The number of hydrogen-bond donors (Lipinski definition) is 0. The summed E-state index contributed by atoms with van der Waals surface area (Å²) < 4.78 is 11.1. The van der Waals surface area contributed by atoms with Gasteiger partial charge < -0.3 is 9.47 Å². The number of carbonyl (C=O) groups is 1. The van der Waals surface area contributed by atoms with Crippen LogP contribution in [0.1, 0.15) is 65.2 Å². The van der Waals surface area contributed by atoms with E-state index < -0.39 is 0 Å². The third-order valence-electron chi connectivity index (χ3n) is 4.60. The molecule has 0 aliphatic heterocycles. The van der Waals surface area contributed by atoms with Crippen LogP contribution in [-0.4, -0.2) is 12.6 Å². The molecule has 2 rings (SSSR count). The summed E-state index contributed by atoms with van der Waals surface area (Å²) in [5.41, 5.74) is -0.257. The van der Waals surface area contributed by atoms with E-state index in [1.165, 1.54) is 6.42 Å². The van der Waals surface area contributed by atoms with Gasteiger partial charge in [0.2, 0.25) is 0 Å². The zero-order valence-corrected chi connectivity index (χ0v) is 13.9. The van der Waals surface area contributed by atoms with Crippen LogP contribution < -0.4 is 9.47 Å². The first kappa shape index (κ1) is 16.9. The topological polar surface area (TPSA) is 35.5 Å². The molecule has 0 heterocycles. The van der Waals surface area contributed by atoms with Gasteiger partial charge in [0.25, 0.3) is 0 Å². The van der Waals surface area contributed by atoms with E-state index >= 15 is 0 Å². The van der Waals surface area contributed by atoms with E-state index in [2.05, 4.69) is 6.92 Å². The lowest BCUT2D eigenvalue weighted by atomic mass is 9.71. The van der Waals surface area contributed by atoms with Crippen molar-refractivity contribution < 1.29 is 14.3 Å². The van der Waals surface area contributed by atoms with E-state index in [0.29, 0.717) is 12.4 Å². The molecule has 0 amide bonds. The van der Waals surface area contributed by atoms with Crippen molar-refractivity contribution >= 4 is 5.97 Å². The lowest BCUT2D eigenvalue weighted by Crippen LogP contribution is -2.36. The van der Waals surface area contributed by atoms with Crippen LogP contribution in [0.15, 0.2) is 24.3 Å². The van der Waals surface area contributed by atoms with E-state index in [4.69, 9.17) is 9.47 Å². The van der Waals surface area contributed by atoms with Crippen LogP contribution in [0.3, 0.4) is 0 Å². The monoisotopic (exact) mass is 304 g/mol. The normalized spacial score (nSPS) is 17.0. The lowest BCUT2D eigenvalue weighted by molar-refractivity contribution is -0.148. The first-order valence-electron chi connectivity index (χ1n) is 8.65. The van der Waals surface area contributed by atoms with Crippen molar-refractivity contribution in [2.75, 3.05) is 6.61 Å². The fourth-order valence-corrected chi connectivity index (χ4v) is 3.29. The fraction of sp³-hybridized carbons (Fsp3) is 0.632. The summed E-state index contributed by atoms with van der Waals surface area (Å²) in [6, 6.07) is 7.34. The minimum absolute atomic E-state index is 0.0372. The van der Waals surface area contributed by atoms with Crippen LogP contribution in [0.5, 0.6) is 11.5 Å². The SMILES string of the molecule is CCCCC1(C(=O)Oc2ccc(OCC)cc2)CCCCC1. The largest absolute Gasteiger partial charge is 0.494 e. The van der Waals surface area contributed by atoms with Gasteiger partial charge in [0.15, 0.2) is 0 Å². The highest BCUT2D eigenvalue weighted by molar-refractivity contribution is 5.79. The second-order valence-electron chi connectivity index (χ2n) is 6.24. The molecule has 0 radical (unpaired) electrons. The number of esters is 1. The Morgan fingerprint density at radius 3 is 2.27 bits per heavy atom. The van der Waals surface area contributed by atoms with Crippen molar-refractivity contribution in [3.8, 4) is 11.5 Å². The van der Waals surface area contributed by atoms with Crippen LogP contribution in [0.4, 0.5) is 0 Å². The molecule has 3 nitrogen and oxygen atoms in total. The van der Waals surface area contributed by atoms with Crippen LogP contribution in [0.2, 0.25) is 0 Å². The fourth-order valence-electron chi connectivity index (χ4n) is 3.29. The summed E-state index contributed by atoms with van der Waals surface area (Å²) in [5, 5.41) is 0. The first-order chi connectivity index (χ1) is 10.7. The second-order valence-corrected chi connectivity index (χ2v) is 6.24. The average Bonchev–Trinajstić information content (AvgIpc) is 2.56. The van der Waals surface area contributed by atoms with Gasteiger partial charge in [-0.2, -0.15) is 0 Å². The highest BCUT2D eigenvalue weighted by atomic mass is 16.5. The molecule has 0 N–H and O–H groups in total. The summed E-state index contributed by atoms with van der Waals surface area (Å²) >= 11 is 0. The Morgan fingerprint density at radius 1 is 1.05 bits per heavy atom. The van der Waals surface area contributed by atoms with Gasteiger partial charge in [-0.3, -0.25) is 4.79 Å². The molecule has 1 fully saturated rings. The van der Waals surface area contributed by atoms with Crippen LogP contribution in [-0.2, 0) is 4.79 Å². The Bertz CT molecular complexity index is 458. The molecule has 1 aliphatic rings. The van der Waals surface area contributed by atoms with Crippen molar-refractivity contribution in [2.24, 2.45) is 5.41 Å². The maximum absolute atomic E-state index is 12.8. The van der Waals surface area contributed by atoms with Crippen molar-refractivity contribution in [1.29, 1.82) is 0 Å². The molecule has 3 heteroatoms. The number of carbonyl (C=O) groups excluding carboxylic acids is 1. The average molecular weight is 304 g/mol. The van der Waals surface area contributed by atoms with Crippen molar-refractivity contribution in [3.63, 3.8) is 0 Å². The molecule has 1 aliphatic carbocycles. The summed E-state index contributed by atoms with van der Waals surface area (Å²) in [7, 11) is 0. The van der Waals surface area contributed by atoms with Gasteiger partial charge in [-0.1, -0.05) is 39.0 Å². The van der Waals surface area contributed by atoms with Gasteiger partial charge in [-0.05, 0) is 50.5 Å². The molecule has 1 aromatic carbocycles. The summed E-state index contributed by atoms with van der Waals surface area (Å²) in [6.45, 7) is 4.77. The Hall–Kier alpha value is -1.51. The Morgan fingerprint density at radius 2 is 1.68 bits per heavy atom.